The number of ether oxygens (including phenoxy) is 1. The van der Waals surface area contributed by atoms with Gasteiger partial charge in [0.2, 0.25) is 0 Å². The zero-order valence-corrected chi connectivity index (χ0v) is 27.1. The van der Waals surface area contributed by atoms with Gasteiger partial charge in [0, 0.05) is 18.5 Å². The van der Waals surface area contributed by atoms with Crippen molar-refractivity contribution in [3.63, 3.8) is 0 Å². The summed E-state index contributed by atoms with van der Waals surface area (Å²) in [7, 11) is -2.20. The van der Waals surface area contributed by atoms with Crippen molar-refractivity contribution < 1.29 is 23.1 Å². The third kappa shape index (κ3) is 7.08. The van der Waals surface area contributed by atoms with Crippen LogP contribution in [0.15, 0.2) is 73.1 Å². The van der Waals surface area contributed by atoms with Gasteiger partial charge in [0.25, 0.3) is 0 Å². The Kier molecular flexibility index (Phi) is 9.31. The number of pyridine rings is 1. The Morgan fingerprint density at radius 3 is 2.48 bits per heavy atom. The summed E-state index contributed by atoms with van der Waals surface area (Å²) in [6.45, 7) is 11.7. The van der Waals surface area contributed by atoms with Gasteiger partial charge in [-0.2, -0.15) is 0 Å². The van der Waals surface area contributed by atoms with Crippen molar-refractivity contribution in [2.75, 3.05) is 6.54 Å². The molecule has 1 fully saturated rings. The molecule has 2 aromatic carbocycles. The normalized spacial score (nSPS) is 17.5. The molecule has 2 aromatic heterocycles. The molecule has 3 heterocycles. The van der Waals surface area contributed by atoms with Crippen LogP contribution < -0.4 is 0 Å². The number of fused-ring (bicyclic) bond motifs is 1. The van der Waals surface area contributed by atoms with Crippen molar-refractivity contribution in [3.05, 3.63) is 84.4 Å². The number of amides is 1. The van der Waals surface area contributed by atoms with Gasteiger partial charge in [-0.1, -0.05) is 63.2 Å². The summed E-state index contributed by atoms with van der Waals surface area (Å²) < 4.78 is 28.7. The standard InChI is InChI=1S/C34H41FN4O4Si/c1-34(2,3)44(4,5)43-31-16-11-19-39(33(41)42-22-24-12-7-6-8-13-24)30(31)20-25(40)21-38-23-36-32-29(38)18-17-28(37-32)26-14-9-10-15-27(26)35/h6-10,12-15,17-18,23,30-31H,11,16,19-22H2,1-5H3/t30-,31+/m1/s1. The van der Waals surface area contributed by atoms with E-state index >= 15 is 0 Å². The lowest BCUT2D eigenvalue weighted by Crippen LogP contribution is -2.56. The van der Waals surface area contributed by atoms with E-state index in [1.807, 2.05) is 36.4 Å². The van der Waals surface area contributed by atoms with Crippen molar-refractivity contribution in [1.29, 1.82) is 0 Å². The molecule has 232 valence electrons. The fourth-order valence-corrected chi connectivity index (χ4v) is 6.75. The van der Waals surface area contributed by atoms with Crippen LogP contribution in [0.2, 0.25) is 18.1 Å². The quantitative estimate of drug-likeness (QED) is 0.182. The molecule has 2 atom stereocenters. The second kappa shape index (κ2) is 13.0. The topological polar surface area (TPSA) is 86.5 Å². The van der Waals surface area contributed by atoms with Crippen molar-refractivity contribution >= 4 is 31.4 Å². The van der Waals surface area contributed by atoms with Gasteiger partial charge in [-0.3, -0.25) is 4.79 Å². The number of Topliss-reactive ketones (excluding diaryl/α,β-unsaturated/α-hetero) is 1. The Balaban J connectivity index is 1.35. The van der Waals surface area contributed by atoms with E-state index in [0.29, 0.717) is 29.0 Å². The van der Waals surface area contributed by atoms with E-state index in [2.05, 4.69) is 43.8 Å². The van der Waals surface area contributed by atoms with E-state index in [1.54, 1.807) is 40.1 Å². The minimum atomic E-state index is -2.20. The van der Waals surface area contributed by atoms with Crippen LogP contribution in [0.4, 0.5) is 9.18 Å². The lowest BCUT2D eigenvalue weighted by molar-refractivity contribution is -0.122. The third-order valence-electron chi connectivity index (χ3n) is 8.83. The van der Waals surface area contributed by atoms with Gasteiger partial charge >= 0.3 is 6.09 Å². The summed E-state index contributed by atoms with van der Waals surface area (Å²) in [6, 6.07) is 19.1. The van der Waals surface area contributed by atoms with Crippen molar-refractivity contribution in [2.45, 2.75) is 83.5 Å². The summed E-state index contributed by atoms with van der Waals surface area (Å²) in [5.41, 5.74) is 2.88. The summed E-state index contributed by atoms with van der Waals surface area (Å²) in [4.78, 5) is 37.7. The first kappa shape index (κ1) is 31.5. The summed E-state index contributed by atoms with van der Waals surface area (Å²) in [6.07, 6.45) is 2.53. The maximum atomic E-state index is 14.3. The molecule has 10 heteroatoms. The van der Waals surface area contributed by atoms with Gasteiger partial charge < -0.3 is 18.6 Å². The zero-order chi connectivity index (χ0) is 31.5. The highest BCUT2D eigenvalue weighted by molar-refractivity contribution is 6.74. The van der Waals surface area contributed by atoms with Crippen LogP contribution in [-0.4, -0.2) is 58.3 Å². The molecule has 4 aromatic rings. The molecule has 1 aliphatic rings. The molecule has 0 unspecified atom stereocenters. The van der Waals surface area contributed by atoms with Crippen LogP contribution in [0.5, 0.6) is 0 Å². The summed E-state index contributed by atoms with van der Waals surface area (Å²) in [5, 5.41) is -0.0259. The smallest absolute Gasteiger partial charge is 0.410 e. The number of benzene rings is 2. The van der Waals surface area contributed by atoms with Crippen molar-refractivity contribution in [2.24, 2.45) is 0 Å². The van der Waals surface area contributed by atoms with Crippen LogP contribution in [0.1, 0.15) is 45.6 Å². The molecule has 1 saturated heterocycles. The number of carbonyl (C=O) groups is 2. The molecule has 0 N–H and O–H groups in total. The number of nitrogens with zero attached hydrogens (tertiary/aromatic N) is 4. The van der Waals surface area contributed by atoms with E-state index < -0.39 is 20.5 Å². The van der Waals surface area contributed by atoms with Gasteiger partial charge in [0.05, 0.1) is 36.2 Å². The second-order valence-electron chi connectivity index (χ2n) is 13.0. The maximum absolute atomic E-state index is 14.3. The number of carbonyl (C=O) groups excluding carboxylic acids is 2. The van der Waals surface area contributed by atoms with Crippen LogP contribution in [0, 0.1) is 5.82 Å². The Morgan fingerprint density at radius 1 is 1.02 bits per heavy atom. The Morgan fingerprint density at radius 2 is 1.75 bits per heavy atom. The Hall–Kier alpha value is -3.89. The van der Waals surface area contributed by atoms with Crippen molar-refractivity contribution in [1.82, 2.24) is 19.4 Å². The molecule has 44 heavy (non-hydrogen) atoms. The number of aromatic nitrogens is 3. The van der Waals surface area contributed by atoms with E-state index in [4.69, 9.17) is 9.16 Å². The Bertz CT molecular complexity index is 1620. The minimum absolute atomic E-state index is 0.0259. The first-order chi connectivity index (χ1) is 20.9. The van der Waals surface area contributed by atoms with Crippen LogP contribution in [-0.2, 0) is 27.1 Å². The lowest BCUT2D eigenvalue weighted by atomic mass is 9.95. The predicted octanol–water partition coefficient (Wildman–Crippen LogP) is 7.39. The molecule has 0 saturated carbocycles. The number of hydrogen-bond acceptors (Lipinski definition) is 6. The average molecular weight is 617 g/mol. The van der Waals surface area contributed by atoms with E-state index in [0.717, 1.165) is 18.4 Å². The number of ketones is 1. The molecule has 1 amide bonds. The minimum Gasteiger partial charge on any atom is -0.445 e. The SMILES string of the molecule is CC(C)(C)[Si](C)(C)O[C@H]1CCCN(C(=O)OCc2ccccc2)[C@@H]1CC(=O)Cn1cnc2nc(-c3ccccc3F)ccc21. The van der Waals surface area contributed by atoms with Crippen LogP contribution >= 0.6 is 0 Å². The van der Waals surface area contributed by atoms with Crippen LogP contribution in [0.25, 0.3) is 22.4 Å². The second-order valence-corrected chi connectivity index (χ2v) is 17.8. The van der Waals surface area contributed by atoms with Gasteiger partial charge in [-0.05, 0) is 60.8 Å². The molecule has 0 bridgehead atoms. The van der Waals surface area contributed by atoms with E-state index in [-0.39, 0.29) is 42.3 Å². The third-order valence-corrected chi connectivity index (χ3v) is 13.3. The molecule has 0 spiro atoms. The lowest BCUT2D eigenvalue weighted by Gasteiger charge is -2.46. The molecule has 0 radical (unpaired) electrons. The first-order valence-electron chi connectivity index (χ1n) is 15.2. The fourth-order valence-electron chi connectivity index (χ4n) is 5.36. The summed E-state index contributed by atoms with van der Waals surface area (Å²) >= 11 is 0. The highest BCUT2D eigenvalue weighted by Gasteiger charge is 2.44. The zero-order valence-electron chi connectivity index (χ0n) is 26.1. The number of piperidine rings is 1. The number of likely N-dealkylation sites (tertiary alicyclic amines) is 1. The molecule has 8 nitrogen and oxygen atoms in total. The number of rotatable bonds is 9. The Labute approximate surface area is 259 Å². The van der Waals surface area contributed by atoms with Crippen molar-refractivity contribution in [3.8, 4) is 11.3 Å². The molecular formula is C34H41FN4O4Si. The van der Waals surface area contributed by atoms with Crippen LogP contribution in [0.3, 0.4) is 0 Å². The van der Waals surface area contributed by atoms with Gasteiger partial charge in [0.1, 0.15) is 12.4 Å². The average Bonchev–Trinajstić information content (AvgIpc) is 3.38. The molecule has 5 rings (SSSR count). The first-order valence-corrected chi connectivity index (χ1v) is 18.1. The number of imidazole rings is 1. The monoisotopic (exact) mass is 616 g/mol. The van der Waals surface area contributed by atoms with Gasteiger partial charge in [0.15, 0.2) is 19.7 Å². The summed E-state index contributed by atoms with van der Waals surface area (Å²) in [5.74, 6) is -0.415. The largest absolute Gasteiger partial charge is 0.445 e. The highest BCUT2D eigenvalue weighted by atomic mass is 28.4. The molecular weight excluding hydrogens is 575 g/mol. The number of hydrogen-bond donors (Lipinski definition) is 0. The highest BCUT2D eigenvalue weighted by Crippen LogP contribution is 2.39. The molecule has 1 aliphatic heterocycles. The maximum Gasteiger partial charge on any atom is 0.410 e. The molecule has 0 aliphatic carbocycles. The van der Waals surface area contributed by atoms with Gasteiger partial charge in [-0.15, -0.1) is 0 Å². The number of halogens is 1. The predicted molar refractivity (Wildman–Crippen MR) is 171 cm³/mol. The van der Waals surface area contributed by atoms with E-state index in [9.17, 15) is 14.0 Å². The van der Waals surface area contributed by atoms with Gasteiger partial charge in [-0.25, -0.2) is 19.2 Å². The fraction of sp³-hybridized carbons (Fsp3) is 0.412. The van der Waals surface area contributed by atoms with E-state index in [1.165, 1.54) is 6.07 Å².